The van der Waals surface area contributed by atoms with Crippen molar-refractivity contribution in [3.05, 3.63) is 70.5 Å². The number of carbonyl (C=O) groups is 1. The number of pyridine rings is 1. The van der Waals surface area contributed by atoms with Gasteiger partial charge < -0.3 is 14.7 Å². The Morgan fingerprint density at radius 3 is 2.67 bits per heavy atom. The molecule has 27 heavy (non-hydrogen) atoms. The quantitative estimate of drug-likeness (QED) is 0.559. The minimum absolute atomic E-state index is 0.201. The van der Waals surface area contributed by atoms with Crippen molar-refractivity contribution < 1.29 is 9.21 Å². The van der Waals surface area contributed by atoms with Gasteiger partial charge in [-0.2, -0.15) is 0 Å². The molecule has 0 fully saturated rings. The molecule has 0 radical (unpaired) electrons. The van der Waals surface area contributed by atoms with Crippen molar-refractivity contribution in [1.82, 2.24) is 9.97 Å². The number of aromatic nitrogens is 2. The molecule has 4 rings (SSSR count). The first-order valence-electron chi connectivity index (χ1n) is 8.66. The third kappa shape index (κ3) is 3.21. The lowest BCUT2D eigenvalue weighted by Crippen LogP contribution is -2.18. The van der Waals surface area contributed by atoms with Crippen molar-refractivity contribution >= 4 is 33.5 Å². The van der Waals surface area contributed by atoms with E-state index in [0.29, 0.717) is 33.5 Å². The number of hydrogen-bond donors (Lipinski definition) is 2. The van der Waals surface area contributed by atoms with Crippen molar-refractivity contribution in [3.63, 3.8) is 0 Å². The highest BCUT2D eigenvalue weighted by Crippen LogP contribution is 2.27. The summed E-state index contributed by atoms with van der Waals surface area (Å²) >= 11 is 0. The molecule has 136 valence electrons. The summed E-state index contributed by atoms with van der Waals surface area (Å²) in [6.45, 7) is 6.07. The Morgan fingerprint density at radius 1 is 1.11 bits per heavy atom. The van der Waals surface area contributed by atoms with Gasteiger partial charge in [-0.25, -0.2) is 4.98 Å². The highest BCUT2D eigenvalue weighted by atomic mass is 16.3. The van der Waals surface area contributed by atoms with Crippen LogP contribution in [0, 0.1) is 0 Å². The first-order valence-corrected chi connectivity index (χ1v) is 8.66. The van der Waals surface area contributed by atoms with Crippen molar-refractivity contribution in [3.8, 4) is 0 Å². The molecule has 0 aliphatic heterocycles. The molecule has 0 aliphatic rings. The van der Waals surface area contributed by atoms with Crippen LogP contribution in [0.2, 0.25) is 0 Å². The monoisotopic (exact) mass is 361 g/mol. The van der Waals surface area contributed by atoms with Crippen molar-refractivity contribution in [2.75, 3.05) is 5.32 Å². The molecular weight excluding hydrogens is 342 g/mol. The van der Waals surface area contributed by atoms with Gasteiger partial charge in [-0.1, -0.05) is 39.0 Å². The van der Waals surface area contributed by atoms with E-state index in [2.05, 4.69) is 15.3 Å². The van der Waals surface area contributed by atoms with E-state index in [1.165, 1.54) is 0 Å². The predicted molar refractivity (Wildman–Crippen MR) is 105 cm³/mol. The number of rotatable bonds is 2. The van der Waals surface area contributed by atoms with Crippen LogP contribution in [0.15, 0.2) is 57.7 Å². The van der Waals surface area contributed by atoms with E-state index in [1.807, 2.05) is 26.8 Å². The predicted octanol–water partition coefficient (Wildman–Crippen LogP) is 4.22. The molecule has 1 amide bonds. The smallest absolute Gasteiger partial charge is 0.272 e. The van der Waals surface area contributed by atoms with Crippen LogP contribution in [-0.4, -0.2) is 15.9 Å². The summed E-state index contributed by atoms with van der Waals surface area (Å²) in [4.78, 5) is 31.9. The summed E-state index contributed by atoms with van der Waals surface area (Å²) in [5, 5.41) is 4.06. The number of amides is 1. The van der Waals surface area contributed by atoms with Gasteiger partial charge in [0.25, 0.3) is 11.5 Å². The molecule has 0 unspecified atom stereocenters. The standard InChI is InChI=1S/C21H19N3O3/c1-21(2,3)20-24-15-11-13(8-9-17(15)27-20)22-19(26)16-10-12-6-4-5-7-14(12)18(25)23-16/h4-11H,1-3H3,(H,22,26)(H,23,25). The first-order chi connectivity index (χ1) is 12.8. The molecule has 0 atom stereocenters. The summed E-state index contributed by atoms with van der Waals surface area (Å²) in [6, 6.07) is 14.1. The maximum absolute atomic E-state index is 12.6. The van der Waals surface area contributed by atoms with Crippen molar-refractivity contribution in [1.29, 1.82) is 0 Å². The highest BCUT2D eigenvalue weighted by Gasteiger charge is 2.21. The van der Waals surface area contributed by atoms with Gasteiger partial charge in [0.05, 0.1) is 0 Å². The van der Waals surface area contributed by atoms with Crippen LogP contribution in [0.25, 0.3) is 21.9 Å². The van der Waals surface area contributed by atoms with Crippen LogP contribution in [0.5, 0.6) is 0 Å². The van der Waals surface area contributed by atoms with Crippen LogP contribution in [-0.2, 0) is 5.41 Å². The van der Waals surface area contributed by atoms with Crippen LogP contribution in [0.4, 0.5) is 5.69 Å². The summed E-state index contributed by atoms with van der Waals surface area (Å²) in [5.41, 5.74) is 1.62. The Labute approximate surface area is 155 Å². The minimum Gasteiger partial charge on any atom is -0.440 e. The lowest BCUT2D eigenvalue weighted by Gasteiger charge is -2.11. The minimum atomic E-state index is -0.392. The topological polar surface area (TPSA) is 88.0 Å². The fourth-order valence-corrected chi connectivity index (χ4v) is 2.86. The molecule has 6 nitrogen and oxygen atoms in total. The van der Waals surface area contributed by atoms with Gasteiger partial charge in [-0.15, -0.1) is 0 Å². The molecule has 2 aromatic carbocycles. The maximum Gasteiger partial charge on any atom is 0.272 e. The van der Waals surface area contributed by atoms with Crippen LogP contribution < -0.4 is 10.9 Å². The van der Waals surface area contributed by atoms with Gasteiger partial charge in [0.15, 0.2) is 5.58 Å². The number of benzene rings is 2. The molecule has 0 saturated carbocycles. The lowest BCUT2D eigenvalue weighted by molar-refractivity contribution is 0.102. The average Bonchev–Trinajstić information content (AvgIpc) is 3.05. The third-order valence-corrected chi connectivity index (χ3v) is 4.29. The first kappa shape index (κ1) is 17.0. The molecule has 2 heterocycles. The van der Waals surface area contributed by atoms with Crippen molar-refractivity contribution in [2.24, 2.45) is 0 Å². The summed E-state index contributed by atoms with van der Waals surface area (Å²) in [7, 11) is 0. The van der Waals surface area contributed by atoms with Gasteiger partial charge in [-0.05, 0) is 35.7 Å². The van der Waals surface area contributed by atoms with E-state index in [-0.39, 0.29) is 16.7 Å². The van der Waals surface area contributed by atoms with E-state index < -0.39 is 5.91 Å². The summed E-state index contributed by atoms with van der Waals surface area (Å²) < 4.78 is 5.77. The Kier molecular flexibility index (Phi) is 3.84. The Bertz CT molecular complexity index is 1230. The third-order valence-electron chi connectivity index (χ3n) is 4.29. The molecule has 2 N–H and O–H groups in total. The van der Waals surface area contributed by atoms with Gasteiger partial charge >= 0.3 is 0 Å². The van der Waals surface area contributed by atoms with E-state index in [0.717, 1.165) is 0 Å². The molecule has 6 heteroatoms. The number of anilines is 1. The van der Waals surface area contributed by atoms with Crippen LogP contribution >= 0.6 is 0 Å². The molecule has 0 aliphatic carbocycles. The zero-order valence-electron chi connectivity index (χ0n) is 15.3. The number of hydrogen-bond acceptors (Lipinski definition) is 4. The molecular formula is C21H19N3O3. The number of fused-ring (bicyclic) bond motifs is 2. The largest absolute Gasteiger partial charge is 0.440 e. The SMILES string of the molecule is CC(C)(C)c1nc2cc(NC(=O)c3cc4ccccc4c(=O)[nH]3)ccc2o1. The normalized spacial score (nSPS) is 11.8. The average molecular weight is 361 g/mol. The lowest BCUT2D eigenvalue weighted by atomic mass is 9.97. The zero-order valence-corrected chi connectivity index (χ0v) is 15.3. The number of aromatic amines is 1. The maximum atomic E-state index is 12.6. The number of oxazole rings is 1. The van der Waals surface area contributed by atoms with E-state index in [9.17, 15) is 9.59 Å². The molecule has 0 saturated heterocycles. The van der Waals surface area contributed by atoms with E-state index in [1.54, 1.807) is 42.5 Å². The fourth-order valence-electron chi connectivity index (χ4n) is 2.86. The van der Waals surface area contributed by atoms with Crippen LogP contribution in [0.1, 0.15) is 37.2 Å². The van der Waals surface area contributed by atoms with Gasteiger partial charge in [0.1, 0.15) is 11.2 Å². The fraction of sp³-hybridized carbons (Fsp3) is 0.190. The number of nitrogens with zero attached hydrogens (tertiary/aromatic N) is 1. The number of nitrogens with one attached hydrogen (secondary N) is 2. The highest BCUT2D eigenvalue weighted by molar-refractivity contribution is 6.05. The second-order valence-corrected chi connectivity index (χ2v) is 7.51. The second-order valence-electron chi connectivity index (χ2n) is 7.51. The van der Waals surface area contributed by atoms with Crippen molar-refractivity contribution in [2.45, 2.75) is 26.2 Å². The van der Waals surface area contributed by atoms with Gasteiger partial charge in [0.2, 0.25) is 5.89 Å². The molecule has 4 aromatic rings. The van der Waals surface area contributed by atoms with E-state index in [4.69, 9.17) is 4.42 Å². The molecule has 0 bridgehead atoms. The zero-order chi connectivity index (χ0) is 19.2. The van der Waals surface area contributed by atoms with E-state index >= 15 is 0 Å². The number of carbonyl (C=O) groups excluding carboxylic acids is 1. The second kappa shape index (κ2) is 6.09. The van der Waals surface area contributed by atoms with Gasteiger partial charge in [0, 0.05) is 16.5 Å². The Balaban J connectivity index is 1.65. The molecule has 0 spiro atoms. The summed E-state index contributed by atoms with van der Waals surface area (Å²) in [6.07, 6.45) is 0. The summed E-state index contributed by atoms with van der Waals surface area (Å²) in [5.74, 6) is 0.247. The Hall–Kier alpha value is -3.41. The number of H-pyrrole nitrogens is 1. The van der Waals surface area contributed by atoms with Gasteiger partial charge in [-0.3, -0.25) is 9.59 Å². The Morgan fingerprint density at radius 2 is 1.89 bits per heavy atom. The van der Waals surface area contributed by atoms with Crippen LogP contribution in [0.3, 0.4) is 0 Å². The molecule has 2 aromatic heterocycles.